The summed E-state index contributed by atoms with van der Waals surface area (Å²) in [6.07, 6.45) is 2.50. The molecule has 1 heterocycles. The molecule has 1 aliphatic heterocycles. The van der Waals surface area contributed by atoms with E-state index in [2.05, 4.69) is 17.3 Å². The van der Waals surface area contributed by atoms with Crippen LogP contribution < -0.4 is 11.1 Å². The summed E-state index contributed by atoms with van der Waals surface area (Å²) in [5, 5.41) is 3.31. The third kappa shape index (κ3) is 3.33. The van der Waals surface area contributed by atoms with Crippen molar-refractivity contribution < 1.29 is 4.39 Å². The Bertz CT molecular complexity index is 381. The van der Waals surface area contributed by atoms with E-state index in [1.807, 2.05) is 0 Å². The fourth-order valence-electron chi connectivity index (χ4n) is 2.39. The van der Waals surface area contributed by atoms with E-state index in [1.165, 1.54) is 31.5 Å². The van der Waals surface area contributed by atoms with Crippen LogP contribution >= 0.6 is 0 Å². The Morgan fingerprint density at radius 3 is 3.06 bits per heavy atom. The first kappa shape index (κ1) is 12.2. The van der Waals surface area contributed by atoms with Gasteiger partial charge in [0.1, 0.15) is 5.82 Å². The van der Waals surface area contributed by atoms with Crippen LogP contribution in [0, 0.1) is 11.7 Å². The topological polar surface area (TPSA) is 41.3 Å². The normalized spacial score (nSPS) is 21.4. The van der Waals surface area contributed by atoms with Crippen LogP contribution in [0.3, 0.4) is 0 Å². The third-order valence-corrected chi connectivity index (χ3v) is 3.32. The van der Waals surface area contributed by atoms with E-state index in [1.54, 1.807) is 6.07 Å². The number of nitrogens with two attached hydrogens (primary N) is 1. The van der Waals surface area contributed by atoms with E-state index in [0.29, 0.717) is 11.6 Å². The first-order chi connectivity index (χ1) is 8.15. The van der Waals surface area contributed by atoms with Gasteiger partial charge in [0.2, 0.25) is 0 Å². The minimum Gasteiger partial charge on any atom is -0.397 e. The molecule has 1 saturated heterocycles. The molecule has 1 aromatic rings. The van der Waals surface area contributed by atoms with Gasteiger partial charge in [-0.15, -0.1) is 0 Å². The highest BCUT2D eigenvalue weighted by molar-refractivity contribution is 5.65. The summed E-state index contributed by atoms with van der Waals surface area (Å²) in [4.78, 5) is 2.35. The van der Waals surface area contributed by atoms with E-state index in [-0.39, 0.29) is 5.82 Å². The van der Waals surface area contributed by atoms with E-state index in [9.17, 15) is 4.39 Å². The van der Waals surface area contributed by atoms with Gasteiger partial charge in [-0.3, -0.25) is 0 Å². The number of halogens is 1. The molecule has 0 saturated carbocycles. The Morgan fingerprint density at radius 1 is 1.53 bits per heavy atom. The summed E-state index contributed by atoms with van der Waals surface area (Å²) in [5.74, 6) is 0.364. The molecule has 3 nitrogen and oxygen atoms in total. The average molecular weight is 237 g/mol. The summed E-state index contributed by atoms with van der Waals surface area (Å²) in [6, 6.07) is 4.50. The summed E-state index contributed by atoms with van der Waals surface area (Å²) < 4.78 is 12.9. The predicted octanol–water partition coefficient (Wildman–Crippen LogP) is 2.16. The number of benzene rings is 1. The number of nitrogens with zero attached hydrogens (tertiary/aromatic N) is 1. The maximum Gasteiger partial charge on any atom is 0.125 e. The highest BCUT2D eigenvalue weighted by Crippen LogP contribution is 2.21. The number of nitrogens with one attached hydrogen (secondary N) is 1. The fourth-order valence-corrected chi connectivity index (χ4v) is 2.39. The molecule has 0 aliphatic carbocycles. The minimum absolute atomic E-state index is 0.287. The Morgan fingerprint density at radius 2 is 2.35 bits per heavy atom. The van der Waals surface area contributed by atoms with Crippen LogP contribution in [0.5, 0.6) is 0 Å². The van der Waals surface area contributed by atoms with Gasteiger partial charge in [-0.2, -0.15) is 0 Å². The second-order valence-electron chi connectivity index (χ2n) is 4.88. The smallest absolute Gasteiger partial charge is 0.125 e. The molecule has 0 aromatic heterocycles. The van der Waals surface area contributed by atoms with E-state index < -0.39 is 0 Å². The van der Waals surface area contributed by atoms with Crippen molar-refractivity contribution in [1.82, 2.24) is 4.90 Å². The van der Waals surface area contributed by atoms with Gasteiger partial charge < -0.3 is 16.0 Å². The zero-order valence-electron chi connectivity index (χ0n) is 10.2. The van der Waals surface area contributed by atoms with E-state index >= 15 is 0 Å². The molecule has 0 radical (unpaired) electrons. The maximum absolute atomic E-state index is 12.9. The number of hydrogen-bond acceptors (Lipinski definition) is 3. The number of rotatable bonds is 3. The molecule has 1 atom stereocenters. The maximum atomic E-state index is 12.9. The lowest BCUT2D eigenvalue weighted by Crippen LogP contribution is -2.35. The number of hydrogen-bond donors (Lipinski definition) is 2. The second kappa shape index (κ2) is 5.36. The minimum atomic E-state index is -0.287. The monoisotopic (exact) mass is 237 g/mol. The Balaban J connectivity index is 1.88. The quantitative estimate of drug-likeness (QED) is 0.792. The lowest BCUT2D eigenvalue weighted by atomic mass is 9.98. The van der Waals surface area contributed by atoms with Crippen molar-refractivity contribution in [2.24, 2.45) is 5.92 Å². The lowest BCUT2D eigenvalue weighted by Gasteiger charge is -2.30. The van der Waals surface area contributed by atoms with Crippen molar-refractivity contribution in [2.75, 3.05) is 37.7 Å². The standard InChI is InChI=1S/C13H20FN3/c1-17-6-2-3-10(9-17)8-16-13-5-4-11(14)7-12(13)15/h4-5,7,10,16H,2-3,6,8-9,15H2,1H3. The Labute approximate surface area is 102 Å². The molecule has 2 rings (SSSR count). The van der Waals surface area contributed by atoms with Crippen molar-refractivity contribution in [3.8, 4) is 0 Å². The third-order valence-electron chi connectivity index (χ3n) is 3.32. The molecule has 1 fully saturated rings. The number of piperidine rings is 1. The molecule has 0 spiro atoms. The van der Waals surface area contributed by atoms with Crippen molar-refractivity contribution in [3.05, 3.63) is 24.0 Å². The molecule has 4 heteroatoms. The van der Waals surface area contributed by atoms with E-state index in [0.717, 1.165) is 18.8 Å². The number of anilines is 2. The van der Waals surface area contributed by atoms with Crippen molar-refractivity contribution in [2.45, 2.75) is 12.8 Å². The number of nitrogen functional groups attached to an aromatic ring is 1. The van der Waals surface area contributed by atoms with Crippen LogP contribution in [0.25, 0.3) is 0 Å². The largest absolute Gasteiger partial charge is 0.397 e. The van der Waals surface area contributed by atoms with Gasteiger partial charge >= 0.3 is 0 Å². The van der Waals surface area contributed by atoms with Gasteiger partial charge in [0.15, 0.2) is 0 Å². The zero-order valence-corrected chi connectivity index (χ0v) is 10.2. The van der Waals surface area contributed by atoms with Crippen molar-refractivity contribution >= 4 is 11.4 Å². The van der Waals surface area contributed by atoms with Crippen LogP contribution in [0.1, 0.15) is 12.8 Å². The summed E-state index contributed by atoms with van der Waals surface area (Å²) in [5.41, 5.74) is 7.07. The summed E-state index contributed by atoms with van der Waals surface area (Å²) >= 11 is 0. The molecule has 3 N–H and O–H groups in total. The van der Waals surface area contributed by atoms with E-state index in [4.69, 9.17) is 5.73 Å². The van der Waals surface area contributed by atoms with Crippen molar-refractivity contribution in [1.29, 1.82) is 0 Å². The van der Waals surface area contributed by atoms with Crippen LogP contribution in [-0.2, 0) is 0 Å². The van der Waals surface area contributed by atoms with Gasteiger partial charge in [0.05, 0.1) is 11.4 Å². The van der Waals surface area contributed by atoms with Gasteiger partial charge in [-0.25, -0.2) is 4.39 Å². The molecule has 0 amide bonds. The molecular formula is C13H20FN3. The van der Waals surface area contributed by atoms with Gasteiger partial charge in [0.25, 0.3) is 0 Å². The van der Waals surface area contributed by atoms with Crippen molar-refractivity contribution in [3.63, 3.8) is 0 Å². The highest BCUT2D eigenvalue weighted by atomic mass is 19.1. The molecule has 0 bridgehead atoms. The molecule has 94 valence electrons. The van der Waals surface area contributed by atoms with Crippen LogP contribution in [0.2, 0.25) is 0 Å². The molecule has 1 unspecified atom stereocenters. The van der Waals surface area contributed by atoms with Gasteiger partial charge in [0, 0.05) is 13.1 Å². The average Bonchev–Trinajstić information content (AvgIpc) is 2.28. The number of likely N-dealkylation sites (tertiary alicyclic amines) is 1. The molecule has 1 aliphatic rings. The molecule has 17 heavy (non-hydrogen) atoms. The van der Waals surface area contributed by atoms with Crippen LogP contribution in [-0.4, -0.2) is 31.6 Å². The zero-order chi connectivity index (χ0) is 12.3. The summed E-state index contributed by atoms with van der Waals surface area (Å²) in [7, 11) is 2.15. The predicted molar refractivity (Wildman–Crippen MR) is 69.5 cm³/mol. The van der Waals surface area contributed by atoms with Crippen LogP contribution in [0.4, 0.5) is 15.8 Å². The first-order valence-corrected chi connectivity index (χ1v) is 6.12. The lowest BCUT2D eigenvalue weighted by molar-refractivity contribution is 0.217. The highest BCUT2D eigenvalue weighted by Gasteiger charge is 2.16. The SMILES string of the molecule is CN1CCCC(CNc2ccc(F)cc2N)C1. The second-order valence-corrected chi connectivity index (χ2v) is 4.88. The van der Waals surface area contributed by atoms with Gasteiger partial charge in [-0.1, -0.05) is 0 Å². The molecule has 1 aromatic carbocycles. The Kier molecular flexibility index (Phi) is 3.84. The summed E-state index contributed by atoms with van der Waals surface area (Å²) in [6.45, 7) is 3.21. The Hall–Kier alpha value is -1.29. The van der Waals surface area contributed by atoms with Crippen LogP contribution in [0.15, 0.2) is 18.2 Å². The first-order valence-electron chi connectivity index (χ1n) is 6.12. The fraction of sp³-hybridized carbons (Fsp3) is 0.538. The van der Waals surface area contributed by atoms with Gasteiger partial charge in [-0.05, 0) is 50.6 Å². The molecular weight excluding hydrogens is 217 g/mol.